The molecule has 4 rings (SSSR count). The molecule has 2 aliphatic rings. The molecule has 0 saturated carbocycles. The molecule has 0 radical (unpaired) electrons. The lowest BCUT2D eigenvalue weighted by atomic mass is 10.1. The van der Waals surface area contributed by atoms with Crippen molar-refractivity contribution >= 4 is 35.2 Å². The quantitative estimate of drug-likeness (QED) is 0.526. The van der Waals surface area contributed by atoms with Crippen molar-refractivity contribution in [3.63, 3.8) is 0 Å². The second-order valence-electron chi connectivity index (χ2n) is 10.8. The number of carbonyl (C=O) groups excluding carboxylic acids is 3. The zero-order valence-electron chi connectivity index (χ0n) is 22.5. The third-order valence-corrected chi connectivity index (χ3v) is 6.56. The van der Waals surface area contributed by atoms with E-state index in [1.54, 1.807) is 36.4 Å². The number of primary amides is 1. The van der Waals surface area contributed by atoms with E-state index in [9.17, 15) is 14.4 Å². The topological polar surface area (TPSA) is 133 Å². The Bertz CT molecular complexity index is 1170. The van der Waals surface area contributed by atoms with Gasteiger partial charge in [0.15, 0.2) is 0 Å². The molecule has 2 saturated heterocycles. The predicted octanol–water partition coefficient (Wildman–Crippen LogP) is 2.42. The van der Waals surface area contributed by atoms with Gasteiger partial charge >= 0.3 is 6.09 Å². The van der Waals surface area contributed by atoms with Crippen molar-refractivity contribution in [1.82, 2.24) is 20.1 Å². The molecule has 2 aromatic rings. The number of piperazine rings is 1. The highest BCUT2D eigenvalue weighted by molar-refractivity contribution is 5.99. The number of carbonyl (C=O) groups is 3. The largest absolute Gasteiger partial charge is 0.444 e. The number of rotatable bonds is 6. The molecule has 2 fully saturated rings. The van der Waals surface area contributed by atoms with Crippen molar-refractivity contribution < 1.29 is 19.1 Å². The molecule has 0 aliphatic carbocycles. The Kier molecular flexibility index (Phi) is 8.05. The summed E-state index contributed by atoms with van der Waals surface area (Å²) in [5, 5.41) is 6.08. The van der Waals surface area contributed by atoms with Crippen LogP contribution in [0.4, 0.5) is 22.1 Å². The van der Waals surface area contributed by atoms with Crippen LogP contribution in [0.1, 0.15) is 47.9 Å². The lowest BCUT2D eigenvalue weighted by Crippen LogP contribution is -2.47. The van der Waals surface area contributed by atoms with Crippen LogP contribution in [0.25, 0.3) is 0 Å². The minimum Gasteiger partial charge on any atom is -0.444 e. The molecule has 204 valence electrons. The SMILES string of the molecule is CN1CCN(C(=O)c2ccc(Nc3nc(N4CCC(NC(=O)OC(C)(C)C)C4)ccc3C(N)=O)cc2)CC1. The first-order valence-electron chi connectivity index (χ1n) is 12.9. The van der Waals surface area contributed by atoms with E-state index >= 15 is 0 Å². The summed E-state index contributed by atoms with van der Waals surface area (Å²) in [6.07, 6.45) is 0.294. The number of aromatic nitrogens is 1. The highest BCUT2D eigenvalue weighted by Gasteiger charge is 2.28. The van der Waals surface area contributed by atoms with Gasteiger partial charge in [0.1, 0.15) is 17.2 Å². The second kappa shape index (κ2) is 11.3. The van der Waals surface area contributed by atoms with Gasteiger partial charge in [-0.15, -0.1) is 0 Å². The van der Waals surface area contributed by atoms with E-state index in [0.717, 1.165) is 19.5 Å². The normalized spacial score (nSPS) is 18.3. The number of nitrogens with zero attached hydrogens (tertiary/aromatic N) is 4. The van der Waals surface area contributed by atoms with Crippen LogP contribution in [0.2, 0.25) is 0 Å². The summed E-state index contributed by atoms with van der Waals surface area (Å²) >= 11 is 0. The maximum Gasteiger partial charge on any atom is 0.407 e. The molecule has 1 aromatic carbocycles. The number of hydrogen-bond acceptors (Lipinski definition) is 8. The van der Waals surface area contributed by atoms with Crippen molar-refractivity contribution in [2.45, 2.75) is 38.8 Å². The Morgan fingerprint density at radius 3 is 2.32 bits per heavy atom. The van der Waals surface area contributed by atoms with Gasteiger partial charge in [0.05, 0.1) is 11.6 Å². The molecule has 0 spiro atoms. The minimum absolute atomic E-state index is 0.00572. The Labute approximate surface area is 223 Å². The molecule has 4 N–H and O–H groups in total. The van der Waals surface area contributed by atoms with Crippen LogP contribution in [0.15, 0.2) is 36.4 Å². The zero-order chi connectivity index (χ0) is 27.4. The van der Waals surface area contributed by atoms with E-state index in [4.69, 9.17) is 10.5 Å². The fourth-order valence-corrected chi connectivity index (χ4v) is 4.50. The molecule has 11 heteroatoms. The minimum atomic E-state index is -0.598. The summed E-state index contributed by atoms with van der Waals surface area (Å²) in [5.41, 5.74) is 6.59. The first-order valence-corrected chi connectivity index (χ1v) is 12.9. The van der Waals surface area contributed by atoms with Gasteiger partial charge in [-0.2, -0.15) is 0 Å². The molecule has 3 heterocycles. The number of anilines is 3. The van der Waals surface area contributed by atoms with Crippen LogP contribution in [-0.2, 0) is 4.74 Å². The molecule has 2 aliphatic heterocycles. The van der Waals surface area contributed by atoms with Gasteiger partial charge in [-0.25, -0.2) is 9.78 Å². The van der Waals surface area contributed by atoms with Crippen molar-refractivity contribution in [1.29, 1.82) is 0 Å². The number of benzene rings is 1. The summed E-state index contributed by atoms with van der Waals surface area (Å²) in [5.74, 6) is 0.398. The summed E-state index contributed by atoms with van der Waals surface area (Å²) in [6.45, 7) is 9.85. The van der Waals surface area contributed by atoms with Gasteiger partial charge in [0, 0.05) is 50.5 Å². The van der Waals surface area contributed by atoms with Crippen LogP contribution in [0.3, 0.4) is 0 Å². The van der Waals surface area contributed by atoms with Crippen molar-refractivity contribution in [2.75, 3.05) is 56.5 Å². The third-order valence-electron chi connectivity index (χ3n) is 6.56. The van der Waals surface area contributed by atoms with Crippen LogP contribution in [0.5, 0.6) is 0 Å². The van der Waals surface area contributed by atoms with Gasteiger partial charge in [0.2, 0.25) is 0 Å². The second-order valence-corrected chi connectivity index (χ2v) is 10.8. The zero-order valence-corrected chi connectivity index (χ0v) is 22.5. The third kappa shape index (κ3) is 6.91. The van der Waals surface area contributed by atoms with Gasteiger partial charge in [0.25, 0.3) is 11.8 Å². The molecular formula is C27H37N7O4. The first-order chi connectivity index (χ1) is 18.0. The van der Waals surface area contributed by atoms with E-state index in [0.29, 0.717) is 49.1 Å². The monoisotopic (exact) mass is 523 g/mol. The number of pyridine rings is 1. The summed E-state index contributed by atoms with van der Waals surface area (Å²) in [4.78, 5) is 47.9. The van der Waals surface area contributed by atoms with Gasteiger partial charge in [-0.05, 0) is 70.6 Å². The summed E-state index contributed by atoms with van der Waals surface area (Å²) in [7, 11) is 2.05. The molecule has 1 aromatic heterocycles. The van der Waals surface area contributed by atoms with Crippen LogP contribution in [0, 0.1) is 0 Å². The number of likely N-dealkylation sites (N-methyl/N-ethyl adjacent to an activating group) is 1. The Morgan fingerprint density at radius 2 is 1.68 bits per heavy atom. The van der Waals surface area contributed by atoms with Crippen molar-refractivity contribution in [3.8, 4) is 0 Å². The van der Waals surface area contributed by atoms with E-state index in [1.165, 1.54) is 0 Å². The molecule has 11 nitrogen and oxygen atoms in total. The smallest absolute Gasteiger partial charge is 0.407 e. The van der Waals surface area contributed by atoms with Crippen LogP contribution < -0.4 is 21.3 Å². The maximum atomic E-state index is 12.8. The molecular weight excluding hydrogens is 486 g/mol. The number of amides is 3. The Balaban J connectivity index is 1.43. The Hall–Kier alpha value is -3.86. The number of nitrogens with one attached hydrogen (secondary N) is 2. The van der Waals surface area contributed by atoms with Gasteiger partial charge in [-0.3, -0.25) is 9.59 Å². The van der Waals surface area contributed by atoms with E-state index < -0.39 is 17.6 Å². The predicted molar refractivity (Wildman–Crippen MR) is 146 cm³/mol. The molecule has 1 atom stereocenters. The maximum absolute atomic E-state index is 12.8. The molecule has 3 amide bonds. The van der Waals surface area contributed by atoms with Crippen molar-refractivity contribution in [3.05, 3.63) is 47.5 Å². The highest BCUT2D eigenvalue weighted by atomic mass is 16.6. The average Bonchev–Trinajstić information content (AvgIpc) is 3.31. The number of alkyl carbamates (subject to hydrolysis) is 1. The molecule has 1 unspecified atom stereocenters. The number of nitrogens with two attached hydrogens (primary N) is 1. The molecule has 38 heavy (non-hydrogen) atoms. The number of ether oxygens (including phenoxy) is 1. The summed E-state index contributed by atoms with van der Waals surface area (Å²) < 4.78 is 5.36. The van der Waals surface area contributed by atoms with Gasteiger partial charge < -0.3 is 35.8 Å². The van der Waals surface area contributed by atoms with E-state index in [1.807, 2.05) is 30.6 Å². The Morgan fingerprint density at radius 1 is 1.00 bits per heavy atom. The van der Waals surface area contributed by atoms with Crippen molar-refractivity contribution in [2.24, 2.45) is 5.73 Å². The first kappa shape index (κ1) is 27.2. The van der Waals surface area contributed by atoms with Crippen LogP contribution >= 0.6 is 0 Å². The van der Waals surface area contributed by atoms with E-state index in [2.05, 4.69) is 27.6 Å². The standard InChI is InChI=1S/C27H37N7O4/c1-27(2,3)38-26(37)30-20-11-12-34(17-20)22-10-9-21(23(28)35)24(31-22)29-19-7-5-18(6-8-19)25(36)33-15-13-32(4)14-16-33/h5-10,20H,11-17H2,1-4H3,(H2,28,35)(H,29,31)(H,30,37). The fraction of sp³-hybridized carbons (Fsp3) is 0.481. The fourth-order valence-electron chi connectivity index (χ4n) is 4.50. The lowest BCUT2D eigenvalue weighted by molar-refractivity contribution is 0.0508. The lowest BCUT2D eigenvalue weighted by Gasteiger charge is -2.32. The van der Waals surface area contributed by atoms with Crippen LogP contribution in [-0.4, -0.2) is 90.7 Å². The van der Waals surface area contributed by atoms with E-state index in [-0.39, 0.29) is 17.5 Å². The highest BCUT2D eigenvalue weighted by Crippen LogP contribution is 2.26. The molecule has 0 bridgehead atoms. The van der Waals surface area contributed by atoms with Gasteiger partial charge in [-0.1, -0.05) is 0 Å². The summed E-state index contributed by atoms with van der Waals surface area (Å²) in [6, 6.07) is 10.4. The number of hydrogen-bond donors (Lipinski definition) is 3. The average molecular weight is 524 g/mol.